The number of likely N-dealkylation sites (tertiary alicyclic amines) is 1. The zero-order valence-corrected chi connectivity index (χ0v) is 21.2. The molecular formula is C23H25BrFN7O2S. The molecule has 0 unspecified atom stereocenters. The molecule has 2 aromatic heterocycles. The Morgan fingerprint density at radius 3 is 2.69 bits per heavy atom. The zero-order valence-electron chi connectivity index (χ0n) is 18.8. The van der Waals surface area contributed by atoms with Gasteiger partial charge in [0.05, 0.1) is 9.35 Å². The minimum Gasteiger partial charge on any atom is -0.369 e. The van der Waals surface area contributed by atoms with Crippen molar-refractivity contribution in [2.45, 2.75) is 19.3 Å². The van der Waals surface area contributed by atoms with Crippen LogP contribution >= 0.6 is 27.3 Å². The first-order valence-electron chi connectivity index (χ1n) is 11.2. The van der Waals surface area contributed by atoms with Crippen molar-refractivity contribution in [2.24, 2.45) is 0 Å². The van der Waals surface area contributed by atoms with E-state index in [1.54, 1.807) is 6.20 Å². The molecule has 4 rings (SSSR count). The van der Waals surface area contributed by atoms with Crippen LogP contribution in [0.3, 0.4) is 0 Å². The molecule has 0 saturated carbocycles. The van der Waals surface area contributed by atoms with Gasteiger partial charge in [-0.25, -0.2) is 9.78 Å². The lowest BCUT2D eigenvalue weighted by molar-refractivity contribution is 0.0957. The maximum Gasteiger partial charge on any atom is 0.321 e. The molecule has 184 valence electrons. The lowest BCUT2D eigenvalue weighted by atomic mass is 10.3. The molecule has 3 heterocycles. The Morgan fingerprint density at radius 1 is 1.11 bits per heavy atom. The number of hydrogen-bond donors (Lipinski definition) is 4. The van der Waals surface area contributed by atoms with Crippen LogP contribution in [0.25, 0.3) is 0 Å². The van der Waals surface area contributed by atoms with E-state index < -0.39 is 0 Å². The molecule has 1 saturated heterocycles. The van der Waals surface area contributed by atoms with E-state index in [1.165, 1.54) is 12.1 Å². The van der Waals surface area contributed by atoms with Gasteiger partial charge in [-0.1, -0.05) is 6.07 Å². The second kappa shape index (κ2) is 11.9. The summed E-state index contributed by atoms with van der Waals surface area (Å²) >= 11 is 4.26. The number of nitrogens with zero attached hydrogens (tertiary/aromatic N) is 3. The number of thiophene rings is 1. The molecule has 1 aliphatic heterocycles. The molecule has 0 bridgehead atoms. The van der Waals surface area contributed by atoms with Crippen LogP contribution in [0.2, 0.25) is 0 Å². The van der Waals surface area contributed by atoms with Crippen molar-refractivity contribution in [3.8, 4) is 0 Å². The molecule has 12 heteroatoms. The summed E-state index contributed by atoms with van der Waals surface area (Å²) in [6.07, 6.45) is 4.37. The fourth-order valence-corrected chi connectivity index (χ4v) is 4.48. The summed E-state index contributed by atoms with van der Waals surface area (Å²) in [4.78, 5) is 35.3. The number of hydrogen-bond acceptors (Lipinski definition) is 7. The highest BCUT2D eigenvalue weighted by atomic mass is 79.9. The van der Waals surface area contributed by atoms with Gasteiger partial charge in [-0.3, -0.25) is 4.79 Å². The average Bonchev–Trinajstić information content (AvgIpc) is 3.53. The summed E-state index contributed by atoms with van der Waals surface area (Å²) < 4.78 is 13.7. The standard InChI is InChI=1S/C23H25BrFN7O2S/c24-17-14-28-22(29-15-5-3-6-16(13-15)30-23(34)32-11-1-2-12-32)31-20(17)26-9-4-10-27-21(33)18-7-8-19(25)35-18/h3,5-8,13-14H,1-2,4,9-12H2,(H,27,33)(H,30,34)(H2,26,28,29,31). The Morgan fingerprint density at radius 2 is 1.91 bits per heavy atom. The van der Waals surface area contributed by atoms with Crippen molar-refractivity contribution in [3.63, 3.8) is 0 Å². The van der Waals surface area contributed by atoms with Gasteiger partial charge < -0.3 is 26.2 Å². The smallest absolute Gasteiger partial charge is 0.321 e. The average molecular weight is 562 g/mol. The third kappa shape index (κ3) is 7.12. The quantitative estimate of drug-likeness (QED) is 0.272. The molecule has 4 N–H and O–H groups in total. The van der Waals surface area contributed by atoms with E-state index in [0.717, 1.165) is 43.0 Å². The van der Waals surface area contributed by atoms with Crippen LogP contribution < -0.4 is 21.3 Å². The second-order valence-electron chi connectivity index (χ2n) is 7.86. The zero-order chi connectivity index (χ0) is 24.6. The maximum absolute atomic E-state index is 13.0. The summed E-state index contributed by atoms with van der Waals surface area (Å²) in [6.45, 7) is 2.57. The molecule has 35 heavy (non-hydrogen) atoms. The van der Waals surface area contributed by atoms with Crippen LogP contribution in [-0.4, -0.2) is 53.0 Å². The number of nitrogens with one attached hydrogen (secondary N) is 4. The lowest BCUT2D eigenvalue weighted by Crippen LogP contribution is -2.32. The maximum atomic E-state index is 13.0. The third-order valence-electron chi connectivity index (χ3n) is 5.24. The monoisotopic (exact) mass is 561 g/mol. The number of carbonyl (C=O) groups is 2. The van der Waals surface area contributed by atoms with Gasteiger partial charge in [0.2, 0.25) is 5.95 Å². The van der Waals surface area contributed by atoms with Crippen molar-refractivity contribution in [3.05, 3.63) is 57.1 Å². The second-order valence-corrected chi connectivity index (χ2v) is 9.75. The number of aromatic nitrogens is 2. The summed E-state index contributed by atoms with van der Waals surface area (Å²) in [5.41, 5.74) is 1.43. The Bertz CT molecular complexity index is 1190. The van der Waals surface area contributed by atoms with Gasteiger partial charge in [-0.2, -0.15) is 9.37 Å². The summed E-state index contributed by atoms with van der Waals surface area (Å²) in [7, 11) is 0. The largest absolute Gasteiger partial charge is 0.369 e. The van der Waals surface area contributed by atoms with Crippen LogP contribution in [0, 0.1) is 5.13 Å². The number of anilines is 4. The van der Waals surface area contributed by atoms with Crippen LogP contribution in [0.15, 0.2) is 47.1 Å². The van der Waals surface area contributed by atoms with Gasteiger partial charge in [0, 0.05) is 43.8 Å². The highest BCUT2D eigenvalue weighted by Crippen LogP contribution is 2.23. The van der Waals surface area contributed by atoms with E-state index >= 15 is 0 Å². The molecule has 1 aromatic carbocycles. The Labute approximate surface area is 214 Å². The molecule has 1 aliphatic rings. The van der Waals surface area contributed by atoms with Gasteiger partial charge in [-0.05, 0) is 65.5 Å². The minimum absolute atomic E-state index is 0.0928. The summed E-state index contributed by atoms with van der Waals surface area (Å²) in [5.74, 6) is 0.715. The highest BCUT2D eigenvalue weighted by Gasteiger charge is 2.17. The first kappa shape index (κ1) is 24.9. The Hall–Kier alpha value is -3.25. The topological polar surface area (TPSA) is 111 Å². The SMILES string of the molecule is O=C(NCCCNc1nc(Nc2cccc(NC(=O)N3CCCC3)c2)ncc1Br)c1ccc(F)s1. The van der Waals surface area contributed by atoms with E-state index in [0.29, 0.717) is 46.3 Å². The van der Waals surface area contributed by atoms with Crippen LogP contribution in [0.5, 0.6) is 0 Å². The van der Waals surface area contributed by atoms with E-state index in [1.807, 2.05) is 29.2 Å². The van der Waals surface area contributed by atoms with E-state index in [9.17, 15) is 14.0 Å². The molecule has 1 fully saturated rings. The van der Waals surface area contributed by atoms with Gasteiger partial charge in [0.15, 0.2) is 5.13 Å². The van der Waals surface area contributed by atoms with Gasteiger partial charge >= 0.3 is 6.03 Å². The number of rotatable bonds is 9. The summed E-state index contributed by atoms with van der Waals surface area (Å²) in [5, 5.41) is 11.7. The molecular weight excluding hydrogens is 537 g/mol. The lowest BCUT2D eigenvalue weighted by Gasteiger charge is -2.16. The molecule has 0 radical (unpaired) electrons. The van der Waals surface area contributed by atoms with Gasteiger partial charge in [0.25, 0.3) is 5.91 Å². The molecule has 0 aliphatic carbocycles. The van der Waals surface area contributed by atoms with E-state index in [-0.39, 0.29) is 17.1 Å². The normalized spacial score (nSPS) is 12.9. The Balaban J connectivity index is 1.27. The number of carbonyl (C=O) groups excluding carboxylic acids is 2. The number of urea groups is 1. The molecule has 0 spiro atoms. The van der Waals surface area contributed by atoms with Crippen LogP contribution in [-0.2, 0) is 0 Å². The predicted molar refractivity (Wildman–Crippen MR) is 139 cm³/mol. The number of halogens is 2. The van der Waals surface area contributed by atoms with E-state index in [2.05, 4.69) is 47.2 Å². The first-order valence-corrected chi connectivity index (χ1v) is 12.8. The first-order chi connectivity index (χ1) is 17.0. The molecule has 0 atom stereocenters. The van der Waals surface area contributed by atoms with Crippen molar-refractivity contribution < 1.29 is 14.0 Å². The number of amides is 3. The van der Waals surface area contributed by atoms with Crippen molar-refractivity contribution in [1.82, 2.24) is 20.2 Å². The molecule has 3 amide bonds. The van der Waals surface area contributed by atoms with Crippen LogP contribution in [0.4, 0.5) is 32.3 Å². The predicted octanol–water partition coefficient (Wildman–Crippen LogP) is 5.04. The van der Waals surface area contributed by atoms with Gasteiger partial charge in [-0.15, -0.1) is 11.3 Å². The number of benzene rings is 1. The van der Waals surface area contributed by atoms with Gasteiger partial charge in [0.1, 0.15) is 5.82 Å². The fourth-order valence-electron chi connectivity index (χ4n) is 3.50. The van der Waals surface area contributed by atoms with Crippen LogP contribution in [0.1, 0.15) is 28.9 Å². The highest BCUT2D eigenvalue weighted by molar-refractivity contribution is 9.10. The van der Waals surface area contributed by atoms with Crippen molar-refractivity contribution in [1.29, 1.82) is 0 Å². The molecule has 9 nitrogen and oxygen atoms in total. The Kier molecular flexibility index (Phi) is 8.48. The third-order valence-corrected chi connectivity index (χ3v) is 6.69. The minimum atomic E-state index is -0.381. The van der Waals surface area contributed by atoms with Crippen molar-refractivity contribution >= 4 is 62.3 Å². The van der Waals surface area contributed by atoms with Crippen molar-refractivity contribution in [2.75, 3.05) is 42.1 Å². The fraction of sp³-hybridized carbons (Fsp3) is 0.304. The molecule has 3 aromatic rings. The summed E-state index contributed by atoms with van der Waals surface area (Å²) in [6, 6.07) is 10.0. The van der Waals surface area contributed by atoms with E-state index in [4.69, 9.17) is 0 Å².